The van der Waals surface area contributed by atoms with Gasteiger partial charge in [-0.15, -0.1) is 0 Å². The van der Waals surface area contributed by atoms with Crippen LogP contribution >= 0.6 is 0 Å². The number of carbonyl (C=O) groups is 2. The molecule has 1 aromatic carbocycles. The number of benzene rings is 1. The molecule has 3 rings (SSSR count). The van der Waals surface area contributed by atoms with Crippen LogP contribution in [0, 0.1) is 0 Å². The van der Waals surface area contributed by atoms with Gasteiger partial charge in [0.05, 0.1) is 0 Å². The number of rotatable bonds is 15. The van der Waals surface area contributed by atoms with E-state index in [4.69, 9.17) is 4.74 Å². The first-order valence-corrected chi connectivity index (χ1v) is 13.6. The molecule has 3 aromatic rings. The van der Waals surface area contributed by atoms with E-state index < -0.39 is 11.6 Å². The number of hydrogen-bond acceptors (Lipinski definition) is 4. The van der Waals surface area contributed by atoms with E-state index in [1.807, 2.05) is 55.6 Å². The number of fused-ring (bicyclic) bond motifs is 1. The minimum atomic E-state index is -1.19. The van der Waals surface area contributed by atoms with Gasteiger partial charge in [-0.05, 0) is 50.5 Å². The summed E-state index contributed by atoms with van der Waals surface area (Å²) in [6, 6.07) is 13.7. The van der Waals surface area contributed by atoms with E-state index in [1.165, 1.54) is 25.7 Å². The lowest BCUT2D eigenvalue weighted by Crippen LogP contribution is -2.58. The quantitative estimate of drug-likeness (QED) is 0.217. The predicted molar refractivity (Wildman–Crippen MR) is 148 cm³/mol. The van der Waals surface area contributed by atoms with Gasteiger partial charge < -0.3 is 20.4 Å². The smallest absolute Gasteiger partial charge is 0.408 e. The number of unbranched alkanes of at least 4 members (excludes halogenated alkanes) is 5. The van der Waals surface area contributed by atoms with Crippen molar-refractivity contribution in [2.24, 2.45) is 0 Å². The number of hydrogen-bond donors (Lipinski definition) is 3. The lowest BCUT2D eigenvalue weighted by Gasteiger charge is -2.30. The highest BCUT2D eigenvalue weighted by atomic mass is 16.6. The van der Waals surface area contributed by atoms with Gasteiger partial charge in [0.1, 0.15) is 11.6 Å². The van der Waals surface area contributed by atoms with Crippen molar-refractivity contribution in [2.45, 2.75) is 90.2 Å². The van der Waals surface area contributed by atoms with Crippen molar-refractivity contribution in [3.63, 3.8) is 0 Å². The van der Waals surface area contributed by atoms with Gasteiger partial charge in [0.2, 0.25) is 5.91 Å². The van der Waals surface area contributed by atoms with Crippen molar-refractivity contribution in [2.75, 3.05) is 6.54 Å². The van der Waals surface area contributed by atoms with Crippen LogP contribution < -0.4 is 10.6 Å². The third-order valence-corrected chi connectivity index (χ3v) is 6.76. The third kappa shape index (κ3) is 8.92. The number of amides is 2. The second-order valence-corrected chi connectivity index (χ2v) is 10.1. The molecule has 0 spiro atoms. The maximum Gasteiger partial charge on any atom is 0.408 e. The van der Waals surface area contributed by atoms with Crippen LogP contribution in [-0.4, -0.2) is 40.2 Å². The van der Waals surface area contributed by atoms with Gasteiger partial charge in [0, 0.05) is 48.4 Å². The SMILES string of the molecule is CCCCCCCCC(C)OC(=O)NC(C)(Cc1c[nH]c2ccccc12)C(=O)NCCc1ccccn1. The number of carbonyl (C=O) groups excluding carboxylic acids is 2. The van der Waals surface area contributed by atoms with Gasteiger partial charge in [0.15, 0.2) is 0 Å². The Morgan fingerprint density at radius 1 is 1.05 bits per heavy atom. The fourth-order valence-corrected chi connectivity index (χ4v) is 4.59. The number of ether oxygens (including phenoxy) is 1. The maximum absolute atomic E-state index is 13.4. The number of aromatic nitrogens is 2. The van der Waals surface area contributed by atoms with E-state index in [-0.39, 0.29) is 12.0 Å². The minimum Gasteiger partial charge on any atom is -0.447 e. The summed E-state index contributed by atoms with van der Waals surface area (Å²) in [6.45, 7) is 6.30. The van der Waals surface area contributed by atoms with Crippen molar-refractivity contribution in [3.05, 3.63) is 66.1 Å². The van der Waals surface area contributed by atoms with Crippen LogP contribution in [0.4, 0.5) is 4.79 Å². The van der Waals surface area contributed by atoms with Crippen molar-refractivity contribution in [3.8, 4) is 0 Å². The molecule has 0 saturated carbocycles. The van der Waals surface area contributed by atoms with E-state index in [0.717, 1.165) is 41.4 Å². The minimum absolute atomic E-state index is 0.212. The van der Waals surface area contributed by atoms with Crippen LogP contribution in [0.25, 0.3) is 10.9 Å². The van der Waals surface area contributed by atoms with Crippen LogP contribution in [0.1, 0.15) is 77.0 Å². The Morgan fingerprint density at radius 2 is 1.81 bits per heavy atom. The van der Waals surface area contributed by atoms with Crippen molar-refractivity contribution in [1.82, 2.24) is 20.6 Å². The van der Waals surface area contributed by atoms with Crippen LogP contribution in [0.15, 0.2) is 54.9 Å². The number of para-hydroxylation sites is 1. The Morgan fingerprint density at radius 3 is 2.59 bits per heavy atom. The predicted octanol–water partition coefficient (Wildman–Crippen LogP) is 6.09. The molecule has 2 atom stereocenters. The molecular formula is C30H42N4O3. The molecule has 7 heteroatoms. The van der Waals surface area contributed by atoms with Crippen LogP contribution in [0.2, 0.25) is 0 Å². The molecule has 3 N–H and O–H groups in total. The largest absolute Gasteiger partial charge is 0.447 e. The Bertz CT molecular complexity index is 1110. The Labute approximate surface area is 220 Å². The number of H-pyrrole nitrogens is 1. The van der Waals surface area contributed by atoms with Crippen LogP contribution in [0.5, 0.6) is 0 Å². The average molecular weight is 507 g/mol. The molecule has 0 bridgehead atoms. The van der Waals surface area contributed by atoms with Gasteiger partial charge in [-0.2, -0.15) is 0 Å². The molecule has 2 unspecified atom stereocenters. The molecule has 37 heavy (non-hydrogen) atoms. The zero-order chi connectivity index (χ0) is 26.5. The fraction of sp³-hybridized carbons (Fsp3) is 0.500. The molecule has 0 aliphatic carbocycles. The number of nitrogens with zero attached hydrogens (tertiary/aromatic N) is 1. The average Bonchev–Trinajstić information content (AvgIpc) is 3.29. The second kappa shape index (κ2) is 14.4. The summed E-state index contributed by atoms with van der Waals surface area (Å²) in [7, 11) is 0. The highest BCUT2D eigenvalue weighted by Crippen LogP contribution is 2.23. The summed E-state index contributed by atoms with van der Waals surface area (Å²) in [6.07, 6.45) is 11.8. The van der Waals surface area contributed by atoms with Crippen LogP contribution in [-0.2, 0) is 22.4 Å². The lowest BCUT2D eigenvalue weighted by atomic mass is 9.91. The van der Waals surface area contributed by atoms with Crippen molar-refractivity contribution < 1.29 is 14.3 Å². The summed E-state index contributed by atoms with van der Waals surface area (Å²) >= 11 is 0. The molecule has 7 nitrogen and oxygen atoms in total. The summed E-state index contributed by atoms with van der Waals surface area (Å²) in [4.78, 5) is 33.9. The Kier molecular flexibility index (Phi) is 11.0. The summed E-state index contributed by atoms with van der Waals surface area (Å²) < 4.78 is 5.66. The van der Waals surface area contributed by atoms with Gasteiger partial charge in [0.25, 0.3) is 0 Å². The molecule has 2 heterocycles. The van der Waals surface area contributed by atoms with Gasteiger partial charge >= 0.3 is 6.09 Å². The van der Waals surface area contributed by atoms with Crippen molar-refractivity contribution in [1.29, 1.82) is 0 Å². The van der Waals surface area contributed by atoms with E-state index in [0.29, 0.717) is 19.4 Å². The third-order valence-electron chi connectivity index (χ3n) is 6.76. The second-order valence-electron chi connectivity index (χ2n) is 10.1. The van der Waals surface area contributed by atoms with Gasteiger partial charge in [-0.25, -0.2) is 4.79 Å². The first-order valence-electron chi connectivity index (χ1n) is 13.6. The Hall–Kier alpha value is -3.35. The molecule has 0 fully saturated rings. The molecule has 200 valence electrons. The Balaban J connectivity index is 1.62. The molecular weight excluding hydrogens is 464 g/mol. The normalized spacial score (nSPS) is 13.6. The van der Waals surface area contributed by atoms with Crippen LogP contribution in [0.3, 0.4) is 0 Å². The topological polar surface area (TPSA) is 96.1 Å². The summed E-state index contributed by atoms with van der Waals surface area (Å²) in [5.41, 5.74) is 1.66. The summed E-state index contributed by atoms with van der Waals surface area (Å²) in [5.74, 6) is -0.255. The molecule has 0 radical (unpaired) electrons. The maximum atomic E-state index is 13.4. The zero-order valence-corrected chi connectivity index (χ0v) is 22.5. The number of alkyl carbamates (subject to hydrolysis) is 1. The van der Waals surface area contributed by atoms with E-state index in [2.05, 4.69) is 27.5 Å². The molecule has 0 saturated heterocycles. The standard InChI is InChI=1S/C30H42N4O3/c1-4-5-6-7-8-9-14-23(2)37-29(36)34-30(3,21-24-22-33-27-17-11-10-16-26(24)27)28(35)32-20-18-25-15-12-13-19-31-25/h10-13,15-17,19,22-23,33H,4-9,14,18,20-21H2,1-3H3,(H,32,35)(H,34,36). The zero-order valence-electron chi connectivity index (χ0n) is 22.5. The van der Waals surface area contributed by atoms with Gasteiger partial charge in [-0.3, -0.25) is 9.78 Å². The van der Waals surface area contributed by atoms with E-state index >= 15 is 0 Å². The van der Waals surface area contributed by atoms with Crippen molar-refractivity contribution >= 4 is 22.9 Å². The number of nitrogens with one attached hydrogen (secondary N) is 3. The molecule has 0 aliphatic heterocycles. The highest BCUT2D eigenvalue weighted by Gasteiger charge is 2.36. The molecule has 2 aromatic heterocycles. The van der Waals surface area contributed by atoms with E-state index in [9.17, 15) is 9.59 Å². The van der Waals surface area contributed by atoms with Gasteiger partial charge in [-0.1, -0.05) is 63.3 Å². The highest BCUT2D eigenvalue weighted by molar-refractivity contribution is 5.91. The fourth-order valence-electron chi connectivity index (χ4n) is 4.59. The monoisotopic (exact) mass is 506 g/mol. The number of pyridine rings is 1. The molecule has 0 aliphatic rings. The first kappa shape index (κ1) is 28.2. The molecule has 2 amide bonds. The van der Waals surface area contributed by atoms with E-state index in [1.54, 1.807) is 13.1 Å². The number of aromatic amines is 1. The summed E-state index contributed by atoms with van der Waals surface area (Å²) in [5, 5.41) is 6.91. The lowest BCUT2D eigenvalue weighted by molar-refractivity contribution is -0.126. The first-order chi connectivity index (χ1) is 17.9.